The van der Waals surface area contributed by atoms with Gasteiger partial charge in [0.2, 0.25) is 0 Å². The van der Waals surface area contributed by atoms with E-state index in [9.17, 15) is 0 Å². The quantitative estimate of drug-likeness (QED) is 0.487. The van der Waals surface area contributed by atoms with E-state index in [2.05, 4.69) is 15.6 Å². The second-order valence-corrected chi connectivity index (χ2v) is 6.36. The smallest absolute Gasteiger partial charge is 0.171 e. The average molecular weight is 338 g/mol. The van der Waals surface area contributed by atoms with Gasteiger partial charge in [0.15, 0.2) is 5.11 Å². The van der Waals surface area contributed by atoms with Crippen LogP contribution in [0.1, 0.15) is 5.69 Å². The Bertz CT molecular complexity index is 602. The Kier molecular flexibility index (Phi) is 6.29. The summed E-state index contributed by atoms with van der Waals surface area (Å²) >= 11 is 12.8. The number of nitrogens with one attached hydrogen (secondary N) is 2. The highest BCUT2D eigenvalue weighted by Gasteiger charge is 1.99. The standard InChI is InChI=1S/C15H16ClN3S2/c1-11-3-2-4-14(18-11)19-15(20)17-9-10-21-13-7-5-12(16)6-8-13/h2-8H,9-10H2,1H3,(H2,17,18,19,20). The molecule has 6 heteroatoms. The number of rotatable bonds is 5. The van der Waals surface area contributed by atoms with E-state index in [0.29, 0.717) is 5.11 Å². The molecule has 1 heterocycles. The van der Waals surface area contributed by atoms with Crippen molar-refractivity contribution < 1.29 is 0 Å². The van der Waals surface area contributed by atoms with Crippen LogP contribution in [0.5, 0.6) is 0 Å². The highest BCUT2D eigenvalue weighted by Crippen LogP contribution is 2.19. The number of halogens is 1. The fraction of sp³-hybridized carbons (Fsp3) is 0.200. The van der Waals surface area contributed by atoms with E-state index < -0.39 is 0 Å². The lowest BCUT2D eigenvalue weighted by atomic mass is 10.4. The van der Waals surface area contributed by atoms with E-state index in [0.717, 1.165) is 28.8 Å². The van der Waals surface area contributed by atoms with Gasteiger partial charge in [-0.25, -0.2) is 4.98 Å². The fourth-order valence-corrected chi connectivity index (χ4v) is 2.74. The second-order valence-electron chi connectivity index (χ2n) is 4.35. The molecule has 0 aliphatic carbocycles. The van der Waals surface area contributed by atoms with Crippen molar-refractivity contribution >= 4 is 46.5 Å². The molecule has 0 unspecified atom stereocenters. The number of benzene rings is 1. The summed E-state index contributed by atoms with van der Waals surface area (Å²) < 4.78 is 0. The molecule has 21 heavy (non-hydrogen) atoms. The molecule has 0 atom stereocenters. The molecule has 0 saturated heterocycles. The van der Waals surface area contributed by atoms with E-state index in [4.69, 9.17) is 23.8 Å². The van der Waals surface area contributed by atoms with Crippen molar-refractivity contribution in [2.45, 2.75) is 11.8 Å². The molecule has 2 rings (SSSR count). The topological polar surface area (TPSA) is 37.0 Å². The Morgan fingerprint density at radius 2 is 2.00 bits per heavy atom. The van der Waals surface area contributed by atoms with Gasteiger partial charge in [0.25, 0.3) is 0 Å². The van der Waals surface area contributed by atoms with Crippen LogP contribution in [0.15, 0.2) is 47.4 Å². The summed E-state index contributed by atoms with van der Waals surface area (Å²) in [5.41, 5.74) is 0.959. The molecule has 2 N–H and O–H groups in total. The summed E-state index contributed by atoms with van der Waals surface area (Å²) in [6, 6.07) is 13.6. The van der Waals surface area contributed by atoms with Gasteiger partial charge in [-0.2, -0.15) is 0 Å². The first-order valence-electron chi connectivity index (χ1n) is 6.50. The minimum Gasteiger partial charge on any atom is -0.362 e. The van der Waals surface area contributed by atoms with Crippen LogP contribution in [0.25, 0.3) is 0 Å². The van der Waals surface area contributed by atoms with Crippen molar-refractivity contribution in [3.63, 3.8) is 0 Å². The van der Waals surface area contributed by atoms with E-state index in [1.807, 2.05) is 49.4 Å². The predicted octanol–water partition coefficient (Wildman–Crippen LogP) is 4.12. The van der Waals surface area contributed by atoms with E-state index >= 15 is 0 Å². The monoisotopic (exact) mass is 337 g/mol. The molecule has 0 saturated carbocycles. The number of aryl methyl sites for hydroxylation is 1. The molecule has 0 radical (unpaired) electrons. The van der Waals surface area contributed by atoms with Gasteiger partial charge < -0.3 is 10.6 Å². The third-order valence-corrected chi connectivity index (χ3v) is 4.11. The summed E-state index contributed by atoms with van der Waals surface area (Å²) in [6.45, 7) is 2.73. The van der Waals surface area contributed by atoms with Crippen LogP contribution in [0.4, 0.5) is 5.82 Å². The first kappa shape index (κ1) is 16.1. The second kappa shape index (κ2) is 8.22. The molecular weight excluding hydrogens is 322 g/mol. The van der Waals surface area contributed by atoms with Gasteiger partial charge in [0.1, 0.15) is 5.82 Å². The Morgan fingerprint density at radius 1 is 1.24 bits per heavy atom. The number of nitrogens with zero attached hydrogens (tertiary/aromatic N) is 1. The number of hydrogen-bond donors (Lipinski definition) is 2. The molecule has 1 aromatic carbocycles. The zero-order valence-corrected chi connectivity index (χ0v) is 14.0. The number of thiocarbonyl (C=S) groups is 1. The van der Waals surface area contributed by atoms with Crippen molar-refractivity contribution in [3.05, 3.63) is 53.2 Å². The Balaban J connectivity index is 1.68. The molecule has 110 valence electrons. The van der Waals surface area contributed by atoms with Crippen LogP contribution in [0, 0.1) is 6.92 Å². The lowest BCUT2D eigenvalue weighted by Crippen LogP contribution is -2.30. The number of hydrogen-bond acceptors (Lipinski definition) is 3. The molecule has 0 amide bonds. The van der Waals surface area contributed by atoms with Crippen molar-refractivity contribution in [3.8, 4) is 0 Å². The molecule has 0 spiro atoms. The van der Waals surface area contributed by atoms with Crippen molar-refractivity contribution in [1.82, 2.24) is 10.3 Å². The normalized spacial score (nSPS) is 10.2. The summed E-state index contributed by atoms with van der Waals surface area (Å²) in [5, 5.41) is 7.58. The van der Waals surface area contributed by atoms with Gasteiger partial charge >= 0.3 is 0 Å². The van der Waals surface area contributed by atoms with Gasteiger partial charge in [-0.15, -0.1) is 11.8 Å². The third-order valence-electron chi connectivity index (χ3n) is 2.60. The Hall–Kier alpha value is -1.30. The third kappa shape index (κ3) is 5.91. The molecule has 0 fully saturated rings. The lowest BCUT2D eigenvalue weighted by Gasteiger charge is -2.10. The molecule has 2 aromatic rings. The van der Waals surface area contributed by atoms with E-state index in [1.165, 1.54) is 4.90 Å². The van der Waals surface area contributed by atoms with Crippen LogP contribution in [-0.2, 0) is 0 Å². The summed E-state index contributed by atoms with van der Waals surface area (Å²) in [5.74, 6) is 1.68. The maximum absolute atomic E-state index is 5.85. The lowest BCUT2D eigenvalue weighted by molar-refractivity contribution is 0.988. The van der Waals surface area contributed by atoms with Crippen LogP contribution >= 0.6 is 35.6 Å². The molecule has 0 aliphatic heterocycles. The Morgan fingerprint density at radius 3 is 2.71 bits per heavy atom. The van der Waals surface area contributed by atoms with E-state index in [1.54, 1.807) is 11.8 Å². The van der Waals surface area contributed by atoms with Gasteiger partial charge in [-0.05, 0) is 55.5 Å². The maximum atomic E-state index is 5.85. The minimum atomic E-state index is 0.588. The first-order chi connectivity index (χ1) is 10.1. The number of pyridine rings is 1. The number of thioether (sulfide) groups is 1. The molecule has 1 aromatic heterocycles. The SMILES string of the molecule is Cc1cccc(NC(=S)NCCSc2ccc(Cl)cc2)n1. The Labute approximate surface area is 139 Å². The zero-order chi connectivity index (χ0) is 15.1. The molecule has 3 nitrogen and oxygen atoms in total. The van der Waals surface area contributed by atoms with Crippen LogP contribution in [0.3, 0.4) is 0 Å². The van der Waals surface area contributed by atoms with Crippen molar-refractivity contribution in [2.24, 2.45) is 0 Å². The van der Waals surface area contributed by atoms with Gasteiger partial charge in [-0.3, -0.25) is 0 Å². The van der Waals surface area contributed by atoms with Crippen LogP contribution in [-0.4, -0.2) is 22.4 Å². The molecule has 0 bridgehead atoms. The van der Waals surface area contributed by atoms with Crippen LogP contribution < -0.4 is 10.6 Å². The minimum absolute atomic E-state index is 0.588. The van der Waals surface area contributed by atoms with Gasteiger partial charge in [-0.1, -0.05) is 17.7 Å². The maximum Gasteiger partial charge on any atom is 0.171 e. The number of anilines is 1. The van der Waals surface area contributed by atoms with Gasteiger partial charge in [0, 0.05) is 27.9 Å². The zero-order valence-electron chi connectivity index (χ0n) is 11.6. The highest BCUT2D eigenvalue weighted by atomic mass is 35.5. The predicted molar refractivity (Wildman–Crippen MR) is 95.4 cm³/mol. The van der Waals surface area contributed by atoms with E-state index in [-0.39, 0.29) is 0 Å². The molecular formula is C15H16ClN3S2. The average Bonchev–Trinajstić information content (AvgIpc) is 2.45. The summed E-state index contributed by atoms with van der Waals surface area (Å²) in [6.07, 6.45) is 0. The number of aromatic nitrogens is 1. The van der Waals surface area contributed by atoms with Crippen molar-refractivity contribution in [2.75, 3.05) is 17.6 Å². The molecule has 0 aliphatic rings. The highest BCUT2D eigenvalue weighted by molar-refractivity contribution is 7.99. The first-order valence-corrected chi connectivity index (χ1v) is 8.27. The summed E-state index contributed by atoms with van der Waals surface area (Å²) in [7, 11) is 0. The fourth-order valence-electron chi connectivity index (χ4n) is 1.64. The van der Waals surface area contributed by atoms with Gasteiger partial charge in [0.05, 0.1) is 0 Å². The summed E-state index contributed by atoms with van der Waals surface area (Å²) in [4.78, 5) is 5.54. The largest absolute Gasteiger partial charge is 0.362 e. The van der Waals surface area contributed by atoms with Crippen molar-refractivity contribution in [1.29, 1.82) is 0 Å². The van der Waals surface area contributed by atoms with Crippen LogP contribution in [0.2, 0.25) is 5.02 Å².